The van der Waals surface area contributed by atoms with Crippen LogP contribution in [0.4, 0.5) is 4.39 Å². The van der Waals surface area contributed by atoms with E-state index in [0.717, 1.165) is 19.3 Å². The summed E-state index contributed by atoms with van der Waals surface area (Å²) in [6.45, 7) is 0.643. The maximum Gasteiger partial charge on any atom is 0.294 e. The zero-order valence-corrected chi connectivity index (χ0v) is 13.3. The molecule has 0 spiro atoms. The molecule has 0 radical (unpaired) electrons. The average Bonchev–Trinajstić information content (AvgIpc) is 3.04. The molecule has 1 aliphatic heterocycles. The van der Waals surface area contributed by atoms with Gasteiger partial charge in [0.05, 0.1) is 5.01 Å². The van der Waals surface area contributed by atoms with Crippen LogP contribution in [-0.4, -0.2) is 23.8 Å². The van der Waals surface area contributed by atoms with Gasteiger partial charge in [0.15, 0.2) is 6.29 Å². The van der Waals surface area contributed by atoms with Gasteiger partial charge in [-0.2, -0.15) is 0 Å². The lowest BCUT2D eigenvalue weighted by Crippen LogP contribution is -2.33. The number of hydroxylamine groups is 1. The van der Waals surface area contributed by atoms with Gasteiger partial charge in [0, 0.05) is 24.8 Å². The van der Waals surface area contributed by atoms with Gasteiger partial charge in [-0.05, 0) is 24.5 Å². The molecule has 23 heavy (non-hydrogen) atoms. The predicted octanol–water partition coefficient (Wildman–Crippen LogP) is 3.06. The summed E-state index contributed by atoms with van der Waals surface area (Å²) >= 11 is 1.32. The number of aromatic nitrogens is 1. The number of nitrogens with one attached hydrogen (secondary N) is 1. The number of carbonyl (C=O) groups is 1. The summed E-state index contributed by atoms with van der Waals surface area (Å²) in [4.78, 5) is 21.5. The molecule has 0 bridgehead atoms. The molecular weight excluding hydrogens is 319 g/mol. The zero-order chi connectivity index (χ0) is 16.1. The molecule has 1 aromatic heterocycles. The number of hydrogen-bond donors (Lipinski definition) is 1. The zero-order valence-electron chi connectivity index (χ0n) is 12.5. The molecule has 1 saturated heterocycles. The summed E-state index contributed by atoms with van der Waals surface area (Å²) in [6, 6.07) is 6.54. The number of amides is 1. The molecule has 122 valence electrons. The van der Waals surface area contributed by atoms with E-state index in [1.807, 2.05) is 0 Å². The van der Waals surface area contributed by atoms with Crippen LogP contribution in [0, 0.1) is 5.82 Å². The van der Waals surface area contributed by atoms with Crippen LogP contribution in [0.15, 0.2) is 29.6 Å². The molecule has 1 fully saturated rings. The van der Waals surface area contributed by atoms with Gasteiger partial charge in [0.25, 0.3) is 5.91 Å². The van der Waals surface area contributed by atoms with Gasteiger partial charge in [-0.3, -0.25) is 4.79 Å². The molecule has 1 N–H and O–H groups in total. The highest BCUT2D eigenvalue weighted by Crippen LogP contribution is 2.17. The van der Waals surface area contributed by atoms with Crippen molar-refractivity contribution in [1.29, 1.82) is 0 Å². The summed E-state index contributed by atoms with van der Waals surface area (Å²) in [5.41, 5.74) is 3.18. The molecule has 7 heteroatoms. The Morgan fingerprint density at radius 1 is 1.43 bits per heavy atom. The first-order chi connectivity index (χ1) is 11.2. The van der Waals surface area contributed by atoms with Crippen LogP contribution in [0.3, 0.4) is 0 Å². The van der Waals surface area contributed by atoms with Crippen molar-refractivity contribution in [3.63, 3.8) is 0 Å². The van der Waals surface area contributed by atoms with Crippen molar-refractivity contribution in [2.24, 2.45) is 0 Å². The standard InChI is InChI=1S/C16H17FN2O3S/c17-12-6-2-1-5-11(12)9-14-18-13(10-23-14)16(20)19-22-15-7-3-4-8-21-15/h1-2,5-6,10,15H,3-4,7-9H2,(H,19,20)/t15-/m1/s1. The van der Waals surface area contributed by atoms with Gasteiger partial charge >= 0.3 is 0 Å². The van der Waals surface area contributed by atoms with Crippen molar-refractivity contribution >= 4 is 17.2 Å². The van der Waals surface area contributed by atoms with E-state index in [4.69, 9.17) is 9.57 Å². The third kappa shape index (κ3) is 4.34. The van der Waals surface area contributed by atoms with Crippen LogP contribution in [0.5, 0.6) is 0 Å². The fourth-order valence-corrected chi connectivity index (χ4v) is 3.07. The number of hydrogen-bond acceptors (Lipinski definition) is 5. The van der Waals surface area contributed by atoms with E-state index in [1.165, 1.54) is 17.4 Å². The van der Waals surface area contributed by atoms with Crippen molar-refractivity contribution < 1.29 is 18.8 Å². The van der Waals surface area contributed by atoms with E-state index in [-0.39, 0.29) is 11.5 Å². The summed E-state index contributed by atoms with van der Waals surface area (Å²) in [7, 11) is 0. The van der Waals surface area contributed by atoms with Crippen molar-refractivity contribution in [3.8, 4) is 0 Å². The smallest absolute Gasteiger partial charge is 0.294 e. The quantitative estimate of drug-likeness (QED) is 0.853. The summed E-state index contributed by atoms with van der Waals surface area (Å²) in [5, 5.41) is 2.31. The lowest BCUT2D eigenvalue weighted by atomic mass is 10.1. The number of halogens is 1. The van der Waals surface area contributed by atoms with Crippen LogP contribution >= 0.6 is 11.3 Å². The first-order valence-electron chi connectivity index (χ1n) is 7.48. The van der Waals surface area contributed by atoms with Crippen LogP contribution in [0.2, 0.25) is 0 Å². The second-order valence-electron chi connectivity index (χ2n) is 5.24. The van der Waals surface area contributed by atoms with Crippen LogP contribution in [0.25, 0.3) is 0 Å². The topological polar surface area (TPSA) is 60.5 Å². The van der Waals surface area contributed by atoms with E-state index in [0.29, 0.717) is 23.6 Å². The average molecular weight is 336 g/mol. The Morgan fingerprint density at radius 3 is 3.09 bits per heavy atom. The Hall–Kier alpha value is -1.83. The molecule has 1 aromatic carbocycles. The first-order valence-corrected chi connectivity index (χ1v) is 8.36. The molecule has 1 atom stereocenters. The van der Waals surface area contributed by atoms with Crippen LogP contribution in [-0.2, 0) is 16.0 Å². The molecule has 2 heterocycles. The molecule has 1 aliphatic rings. The van der Waals surface area contributed by atoms with Gasteiger partial charge in [-0.25, -0.2) is 19.7 Å². The molecular formula is C16H17FN2O3S. The minimum Gasteiger partial charge on any atom is -0.350 e. The Bertz CT molecular complexity index is 671. The van der Waals surface area contributed by atoms with Crippen LogP contribution < -0.4 is 5.48 Å². The number of ether oxygens (including phenoxy) is 1. The Kier molecular flexibility index (Phi) is 5.32. The van der Waals surface area contributed by atoms with Gasteiger partial charge in [0.2, 0.25) is 0 Å². The van der Waals surface area contributed by atoms with Gasteiger partial charge < -0.3 is 4.74 Å². The highest BCUT2D eigenvalue weighted by molar-refractivity contribution is 7.09. The number of nitrogens with zero attached hydrogens (tertiary/aromatic N) is 1. The normalized spacial score (nSPS) is 17.9. The molecule has 3 rings (SSSR count). The van der Waals surface area contributed by atoms with Gasteiger partial charge in [-0.15, -0.1) is 11.3 Å². The SMILES string of the molecule is O=C(NO[C@@H]1CCCCO1)c1csc(Cc2ccccc2F)n1. The lowest BCUT2D eigenvalue weighted by Gasteiger charge is -2.21. The first kappa shape index (κ1) is 16.0. The van der Waals surface area contributed by atoms with E-state index in [1.54, 1.807) is 23.6 Å². The fraction of sp³-hybridized carbons (Fsp3) is 0.375. The van der Waals surface area contributed by atoms with Crippen LogP contribution in [0.1, 0.15) is 40.3 Å². The Morgan fingerprint density at radius 2 is 2.30 bits per heavy atom. The molecule has 0 aliphatic carbocycles. The van der Waals surface area contributed by atoms with E-state index < -0.39 is 12.2 Å². The van der Waals surface area contributed by atoms with Crippen molar-refractivity contribution in [1.82, 2.24) is 10.5 Å². The molecule has 0 unspecified atom stereocenters. The van der Waals surface area contributed by atoms with Crippen molar-refractivity contribution in [3.05, 3.63) is 51.7 Å². The van der Waals surface area contributed by atoms with Crippen molar-refractivity contribution in [2.75, 3.05) is 6.61 Å². The summed E-state index contributed by atoms with van der Waals surface area (Å²) in [6.07, 6.45) is 2.75. The lowest BCUT2D eigenvalue weighted by molar-refractivity contribution is -0.186. The number of carbonyl (C=O) groups excluding carboxylic acids is 1. The maximum atomic E-state index is 13.6. The maximum absolute atomic E-state index is 13.6. The molecule has 2 aromatic rings. The molecule has 5 nitrogen and oxygen atoms in total. The summed E-state index contributed by atoms with van der Waals surface area (Å²) in [5.74, 6) is -0.693. The van der Waals surface area contributed by atoms with E-state index >= 15 is 0 Å². The molecule has 0 saturated carbocycles. The highest BCUT2D eigenvalue weighted by atomic mass is 32.1. The second-order valence-corrected chi connectivity index (χ2v) is 6.18. The minimum absolute atomic E-state index is 0.261. The highest BCUT2D eigenvalue weighted by Gasteiger charge is 2.18. The largest absolute Gasteiger partial charge is 0.350 e. The van der Waals surface area contributed by atoms with E-state index in [9.17, 15) is 9.18 Å². The third-order valence-corrected chi connectivity index (χ3v) is 4.35. The number of benzene rings is 1. The Balaban J connectivity index is 1.55. The molecule has 1 amide bonds. The second kappa shape index (κ2) is 7.63. The monoisotopic (exact) mass is 336 g/mol. The Labute approximate surface area is 137 Å². The van der Waals surface area contributed by atoms with Gasteiger partial charge in [-0.1, -0.05) is 18.2 Å². The third-order valence-electron chi connectivity index (χ3n) is 3.50. The van der Waals surface area contributed by atoms with Gasteiger partial charge in [0.1, 0.15) is 11.5 Å². The minimum atomic E-state index is -0.421. The number of rotatable bonds is 5. The fourth-order valence-electron chi connectivity index (χ4n) is 2.28. The van der Waals surface area contributed by atoms with Crippen molar-refractivity contribution in [2.45, 2.75) is 32.0 Å². The predicted molar refractivity (Wildman–Crippen MR) is 83.5 cm³/mol. The summed E-state index contributed by atoms with van der Waals surface area (Å²) < 4.78 is 19.0. The number of thiazole rings is 1. The van der Waals surface area contributed by atoms with E-state index in [2.05, 4.69) is 10.5 Å².